The first-order chi connectivity index (χ1) is 15.9. The summed E-state index contributed by atoms with van der Waals surface area (Å²) in [4.78, 5) is 26.4. The zero-order valence-corrected chi connectivity index (χ0v) is 17.8. The Morgan fingerprint density at radius 1 is 1.33 bits per heavy atom. The molecule has 9 nitrogen and oxygen atoms in total. The van der Waals surface area contributed by atoms with Gasteiger partial charge in [0, 0.05) is 0 Å². The summed E-state index contributed by atoms with van der Waals surface area (Å²) in [7, 11) is 0. The maximum absolute atomic E-state index is 14.3. The number of nitrogens with zero attached hydrogens (tertiary/aromatic N) is 3. The summed E-state index contributed by atoms with van der Waals surface area (Å²) in [6.07, 6.45) is 1.83. The number of aromatic nitrogens is 5. The number of aromatic amines is 2. The fourth-order valence-electron chi connectivity index (χ4n) is 4.86. The molecule has 0 spiro atoms. The molecule has 2 aliphatic carbocycles. The van der Waals surface area contributed by atoms with E-state index in [-0.39, 0.29) is 29.6 Å². The molecule has 1 aromatic carbocycles. The van der Waals surface area contributed by atoms with E-state index in [0.717, 1.165) is 12.0 Å². The average molecular weight is 456 g/mol. The number of carbonyl (C=O) groups is 1. The summed E-state index contributed by atoms with van der Waals surface area (Å²) in [5.74, 6) is -1.28. The van der Waals surface area contributed by atoms with E-state index in [1.54, 1.807) is 6.07 Å². The average Bonchev–Trinajstić information content (AvgIpc) is 3.50. The molecule has 33 heavy (non-hydrogen) atoms. The fraction of sp³-hybridized carbons (Fsp3) is 0.409. The first-order valence-corrected chi connectivity index (χ1v) is 10.8. The maximum Gasteiger partial charge on any atom is 0.340 e. The molecule has 1 saturated carbocycles. The van der Waals surface area contributed by atoms with Crippen LogP contribution in [0.5, 0.6) is 0 Å². The summed E-state index contributed by atoms with van der Waals surface area (Å²) in [6.45, 7) is 1.90. The van der Waals surface area contributed by atoms with E-state index in [1.165, 1.54) is 18.2 Å². The van der Waals surface area contributed by atoms with E-state index >= 15 is 0 Å². The summed E-state index contributed by atoms with van der Waals surface area (Å²) >= 11 is 0. The number of benzene rings is 1. The number of ether oxygens (including phenoxy) is 1. The molecule has 2 heterocycles. The van der Waals surface area contributed by atoms with Crippen LogP contribution in [0.4, 0.5) is 8.78 Å². The summed E-state index contributed by atoms with van der Waals surface area (Å²) in [5, 5.41) is 17.2. The molecule has 11 heteroatoms. The Hall–Kier alpha value is -3.47. The lowest BCUT2D eigenvalue weighted by molar-refractivity contribution is -0.149. The van der Waals surface area contributed by atoms with Crippen molar-refractivity contribution < 1.29 is 18.3 Å². The van der Waals surface area contributed by atoms with Crippen LogP contribution in [-0.4, -0.2) is 37.4 Å². The molecule has 5 rings (SSSR count). The van der Waals surface area contributed by atoms with Crippen LogP contribution in [0.25, 0.3) is 11.3 Å². The Morgan fingerprint density at radius 2 is 2.12 bits per heavy atom. The number of hydrogen-bond acceptors (Lipinski definition) is 6. The lowest BCUT2D eigenvalue weighted by Crippen LogP contribution is -2.41. The normalized spacial score (nSPS) is 21.7. The van der Waals surface area contributed by atoms with Crippen LogP contribution in [0.3, 0.4) is 0 Å². The minimum absolute atomic E-state index is 0.0566. The molecule has 0 aliphatic heterocycles. The molecule has 3 atom stereocenters. The van der Waals surface area contributed by atoms with Gasteiger partial charge < -0.3 is 10.1 Å². The minimum Gasteiger partial charge on any atom is -0.356 e. The van der Waals surface area contributed by atoms with Crippen molar-refractivity contribution in [3.8, 4) is 11.3 Å². The van der Waals surface area contributed by atoms with Crippen molar-refractivity contribution in [2.24, 2.45) is 0 Å². The largest absolute Gasteiger partial charge is 0.356 e. The number of rotatable bonds is 7. The minimum atomic E-state index is -0.766. The Labute approximate surface area is 187 Å². The van der Waals surface area contributed by atoms with Crippen LogP contribution in [0.1, 0.15) is 55.6 Å². The van der Waals surface area contributed by atoms with E-state index in [9.17, 15) is 18.4 Å². The number of halogens is 2. The van der Waals surface area contributed by atoms with E-state index in [2.05, 4.69) is 30.7 Å². The highest BCUT2D eigenvalue weighted by Gasteiger charge is 2.53. The summed E-state index contributed by atoms with van der Waals surface area (Å²) in [5.41, 5.74) is 0.213. The first-order valence-electron chi connectivity index (χ1n) is 10.8. The third-order valence-electron chi connectivity index (χ3n) is 6.40. The molecule has 3 aromatic rings. The highest BCUT2D eigenvalue weighted by atomic mass is 19.1. The molecule has 1 fully saturated rings. The van der Waals surface area contributed by atoms with Gasteiger partial charge in [-0.2, -0.15) is 10.2 Å². The van der Waals surface area contributed by atoms with Gasteiger partial charge in [0.2, 0.25) is 5.91 Å². The molecule has 3 N–H and O–H groups in total. The van der Waals surface area contributed by atoms with Gasteiger partial charge in [0.15, 0.2) is 0 Å². The molecule has 2 aromatic heterocycles. The van der Waals surface area contributed by atoms with Crippen LogP contribution in [0.15, 0.2) is 29.1 Å². The molecule has 172 valence electrons. The van der Waals surface area contributed by atoms with Crippen LogP contribution >= 0.6 is 0 Å². The zero-order chi connectivity index (χ0) is 23.2. The van der Waals surface area contributed by atoms with Gasteiger partial charge in [-0.25, -0.2) is 18.7 Å². The highest BCUT2D eigenvalue weighted by Crippen LogP contribution is 2.57. The number of amides is 1. The van der Waals surface area contributed by atoms with E-state index in [1.807, 2.05) is 6.92 Å². The Morgan fingerprint density at radius 3 is 2.82 bits per heavy atom. The topological polar surface area (TPSA) is 126 Å². The molecule has 1 amide bonds. The number of H-pyrrole nitrogens is 2. The van der Waals surface area contributed by atoms with Crippen LogP contribution in [0.2, 0.25) is 0 Å². The number of carbonyl (C=O) groups excluding carboxylic acids is 1. The van der Waals surface area contributed by atoms with Gasteiger partial charge in [-0.1, -0.05) is 13.0 Å². The monoisotopic (exact) mass is 456 g/mol. The van der Waals surface area contributed by atoms with Crippen molar-refractivity contribution in [1.29, 1.82) is 0 Å². The van der Waals surface area contributed by atoms with Gasteiger partial charge in [-0.05, 0) is 55.4 Å². The molecule has 0 radical (unpaired) electrons. The summed E-state index contributed by atoms with van der Waals surface area (Å²) in [6, 6.07) is 5.37. The number of fused-ring (bicyclic) bond motifs is 5. The maximum atomic E-state index is 14.3. The fourth-order valence-corrected chi connectivity index (χ4v) is 4.86. The van der Waals surface area contributed by atoms with E-state index in [0.29, 0.717) is 30.8 Å². The number of hydrogen-bond donors (Lipinski definition) is 3. The molecule has 0 unspecified atom stereocenters. The second-order valence-electron chi connectivity index (χ2n) is 8.42. The second kappa shape index (κ2) is 8.14. The highest BCUT2D eigenvalue weighted by molar-refractivity contribution is 5.80. The lowest BCUT2D eigenvalue weighted by atomic mass is 9.92. The SMILES string of the molecule is CC[C@@H](O[C@]12CC[C@H](C1)c1cc(-c3c(F)cccc3F)nnc12)C(=O)NCc1n[nH]c(=O)[nH]1. The van der Waals surface area contributed by atoms with Gasteiger partial charge in [0.05, 0.1) is 23.5 Å². The van der Waals surface area contributed by atoms with Gasteiger partial charge in [0.1, 0.15) is 29.2 Å². The smallest absolute Gasteiger partial charge is 0.340 e. The van der Waals surface area contributed by atoms with Gasteiger partial charge in [-0.3, -0.25) is 9.78 Å². The molecule has 2 aliphatic rings. The molecular formula is C22H22F2N6O3. The van der Waals surface area contributed by atoms with Crippen molar-refractivity contribution in [1.82, 2.24) is 30.7 Å². The molecule has 0 saturated heterocycles. The quantitative estimate of drug-likeness (QED) is 0.501. The standard InChI is InChI=1S/C22H22F2N6O3/c1-2-16(20(31)25-10-17-26-21(32)30-28-17)33-22-7-6-11(9-22)12-8-15(27-29-19(12)22)18-13(23)4-3-5-14(18)24/h3-5,8,11,16H,2,6-7,9-10H2,1H3,(H,25,31)(H2,26,28,30,32)/t11-,16-,22-/m1/s1. The van der Waals surface area contributed by atoms with Crippen LogP contribution < -0.4 is 11.0 Å². The van der Waals surface area contributed by atoms with Crippen LogP contribution in [0, 0.1) is 11.6 Å². The summed E-state index contributed by atoms with van der Waals surface area (Å²) < 4.78 is 34.9. The van der Waals surface area contributed by atoms with Crippen molar-refractivity contribution in [3.63, 3.8) is 0 Å². The van der Waals surface area contributed by atoms with Gasteiger partial charge in [-0.15, -0.1) is 5.10 Å². The molecule has 2 bridgehead atoms. The van der Waals surface area contributed by atoms with E-state index in [4.69, 9.17) is 4.74 Å². The number of nitrogens with one attached hydrogen (secondary N) is 3. The predicted octanol–water partition coefficient (Wildman–Crippen LogP) is 2.42. The zero-order valence-electron chi connectivity index (χ0n) is 17.8. The Balaban J connectivity index is 1.38. The van der Waals surface area contributed by atoms with E-state index < -0.39 is 29.0 Å². The van der Waals surface area contributed by atoms with Crippen molar-refractivity contribution in [2.75, 3.05) is 0 Å². The second-order valence-corrected chi connectivity index (χ2v) is 8.42. The third kappa shape index (κ3) is 3.71. The Kier molecular flexibility index (Phi) is 5.28. The van der Waals surface area contributed by atoms with Gasteiger partial charge >= 0.3 is 5.69 Å². The predicted molar refractivity (Wildman–Crippen MR) is 112 cm³/mol. The van der Waals surface area contributed by atoms with Gasteiger partial charge in [0.25, 0.3) is 0 Å². The van der Waals surface area contributed by atoms with Crippen molar-refractivity contribution in [3.05, 3.63) is 63.5 Å². The first kappa shape index (κ1) is 21.4. The van der Waals surface area contributed by atoms with Crippen LogP contribution in [-0.2, 0) is 21.7 Å². The van der Waals surface area contributed by atoms with Crippen molar-refractivity contribution >= 4 is 5.91 Å². The third-order valence-corrected chi connectivity index (χ3v) is 6.40. The Bertz CT molecular complexity index is 1250. The molecular weight excluding hydrogens is 434 g/mol. The lowest BCUT2D eigenvalue weighted by Gasteiger charge is -2.31. The van der Waals surface area contributed by atoms with Crippen molar-refractivity contribution in [2.45, 2.75) is 56.8 Å².